The minimum absolute atomic E-state index is 0.265. The zero-order chi connectivity index (χ0) is 12.1. The average molecular weight is 237 g/mol. The average Bonchev–Trinajstić information content (AvgIpc) is 3.03. The van der Waals surface area contributed by atoms with Crippen molar-refractivity contribution in [1.29, 1.82) is 0 Å². The maximum absolute atomic E-state index is 5.67. The van der Waals surface area contributed by atoms with E-state index < -0.39 is 0 Å². The van der Waals surface area contributed by atoms with Gasteiger partial charge in [-0.2, -0.15) is 0 Å². The summed E-state index contributed by atoms with van der Waals surface area (Å²) in [6.45, 7) is 8.40. The molecule has 1 aliphatic heterocycles. The van der Waals surface area contributed by atoms with Crippen molar-refractivity contribution in [1.82, 2.24) is 5.32 Å². The van der Waals surface area contributed by atoms with E-state index in [0.717, 1.165) is 19.2 Å². The lowest BCUT2D eigenvalue weighted by atomic mass is 9.84. The van der Waals surface area contributed by atoms with E-state index in [-0.39, 0.29) is 5.41 Å². The summed E-state index contributed by atoms with van der Waals surface area (Å²) in [7, 11) is 0. The molecule has 2 unspecified atom stereocenters. The maximum atomic E-state index is 5.67. The quantitative estimate of drug-likeness (QED) is 0.654. The molecule has 2 nitrogen and oxygen atoms in total. The third-order valence-electron chi connectivity index (χ3n) is 4.16. The van der Waals surface area contributed by atoms with Gasteiger partial charge in [-0.1, -0.05) is 13.0 Å². The van der Waals surface area contributed by atoms with E-state index in [0.29, 0.717) is 6.10 Å². The molecule has 98 valence electrons. The van der Waals surface area contributed by atoms with Gasteiger partial charge in [-0.3, -0.25) is 0 Å². The number of hydrogen-bond donors (Lipinski definition) is 1. The molecule has 2 aliphatic rings. The zero-order valence-corrected chi connectivity index (χ0v) is 11.2. The summed E-state index contributed by atoms with van der Waals surface area (Å²) in [4.78, 5) is 0. The molecule has 0 aromatic rings. The largest absolute Gasteiger partial charge is 0.378 e. The highest BCUT2D eigenvalue weighted by molar-refractivity contribution is 4.95. The fourth-order valence-electron chi connectivity index (χ4n) is 2.53. The van der Waals surface area contributed by atoms with E-state index in [2.05, 4.69) is 24.9 Å². The van der Waals surface area contributed by atoms with Gasteiger partial charge in [0.1, 0.15) is 0 Å². The highest BCUT2D eigenvalue weighted by Crippen LogP contribution is 2.29. The number of ether oxygens (including phenoxy) is 1. The molecule has 1 saturated heterocycles. The molecule has 2 fully saturated rings. The highest BCUT2D eigenvalue weighted by Gasteiger charge is 2.26. The van der Waals surface area contributed by atoms with Gasteiger partial charge in [0.05, 0.1) is 6.10 Å². The Balaban J connectivity index is 1.63. The van der Waals surface area contributed by atoms with Crippen LogP contribution in [0.3, 0.4) is 0 Å². The molecule has 2 heteroatoms. The third kappa shape index (κ3) is 4.44. The number of nitrogens with one attached hydrogen (secondary N) is 1. The van der Waals surface area contributed by atoms with E-state index in [1.807, 2.05) is 0 Å². The summed E-state index contributed by atoms with van der Waals surface area (Å²) in [6.07, 6.45) is 11.7. The first-order valence-corrected chi connectivity index (χ1v) is 7.20. The van der Waals surface area contributed by atoms with Crippen LogP contribution in [0.4, 0.5) is 0 Å². The lowest BCUT2D eigenvalue weighted by Gasteiger charge is -2.26. The minimum atomic E-state index is 0.265. The molecule has 1 aliphatic carbocycles. The molecule has 2 atom stereocenters. The molecule has 0 aromatic carbocycles. The van der Waals surface area contributed by atoms with Crippen LogP contribution in [0, 0.1) is 5.41 Å². The van der Waals surface area contributed by atoms with Gasteiger partial charge in [0.2, 0.25) is 0 Å². The van der Waals surface area contributed by atoms with Gasteiger partial charge in [0.15, 0.2) is 0 Å². The van der Waals surface area contributed by atoms with Crippen molar-refractivity contribution in [3.8, 4) is 0 Å². The first-order valence-electron chi connectivity index (χ1n) is 7.20. The number of hydrogen-bond acceptors (Lipinski definition) is 2. The first kappa shape index (κ1) is 13.1. The van der Waals surface area contributed by atoms with E-state index >= 15 is 0 Å². The van der Waals surface area contributed by atoms with Gasteiger partial charge >= 0.3 is 0 Å². The van der Waals surface area contributed by atoms with Crippen LogP contribution in [-0.4, -0.2) is 25.3 Å². The predicted molar refractivity (Wildman–Crippen MR) is 72.2 cm³/mol. The molecule has 0 aromatic heterocycles. The summed E-state index contributed by atoms with van der Waals surface area (Å²) in [6, 6.07) is 0.799. The zero-order valence-electron chi connectivity index (χ0n) is 11.2. The second kappa shape index (κ2) is 6.01. The second-order valence-corrected chi connectivity index (χ2v) is 6.04. The van der Waals surface area contributed by atoms with Crippen molar-refractivity contribution < 1.29 is 4.74 Å². The molecule has 0 amide bonds. The Morgan fingerprint density at radius 1 is 1.41 bits per heavy atom. The molecule has 0 bridgehead atoms. The number of rotatable bonds is 8. The van der Waals surface area contributed by atoms with Crippen LogP contribution < -0.4 is 5.32 Å². The molecule has 0 spiro atoms. The van der Waals surface area contributed by atoms with Gasteiger partial charge in [0, 0.05) is 19.2 Å². The molecule has 17 heavy (non-hydrogen) atoms. The van der Waals surface area contributed by atoms with E-state index in [1.165, 1.54) is 44.9 Å². The van der Waals surface area contributed by atoms with Gasteiger partial charge in [-0.15, -0.1) is 6.58 Å². The Morgan fingerprint density at radius 2 is 2.24 bits per heavy atom. The monoisotopic (exact) mass is 237 g/mol. The van der Waals surface area contributed by atoms with Crippen LogP contribution in [0.5, 0.6) is 0 Å². The topological polar surface area (TPSA) is 21.3 Å². The smallest absolute Gasteiger partial charge is 0.0576 e. The van der Waals surface area contributed by atoms with Crippen molar-refractivity contribution in [3.05, 3.63) is 12.7 Å². The molecular weight excluding hydrogens is 210 g/mol. The summed E-state index contributed by atoms with van der Waals surface area (Å²) < 4.78 is 5.67. The maximum Gasteiger partial charge on any atom is 0.0576 e. The molecule has 2 rings (SSSR count). The second-order valence-electron chi connectivity index (χ2n) is 6.04. The summed E-state index contributed by atoms with van der Waals surface area (Å²) >= 11 is 0. The predicted octanol–water partition coefficient (Wildman–Crippen LogP) is 3.28. The Hall–Kier alpha value is -0.340. The van der Waals surface area contributed by atoms with Crippen LogP contribution in [0.15, 0.2) is 12.7 Å². The Labute approximate surface area is 106 Å². The van der Waals surface area contributed by atoms with Crippen molar-refractivity contribution in [3.63, 3.8) is 0 Å². The van der Waals surface area contributed by atoms with Gasteiger partial charge < -0.3 is 10.1 Å². The Kier molecular flexibility index (Phi) is 4.63. The molecule has 1 N–H and O–H groups in total. The van der Waals surface area contributed by atoms with Crippen molar-refractivity contribution in [2.75, 3.05) is 13.2 Å². The molecule has 1 saturated carbocycles. The first-order chi connectivity index (χ1) is 8.22. The van der Waals surface area contributed by atoms with Crippen molar-refractivity contribution in [2.45, 2.75) is 64.0 Å². The van der Waals surface area contributed by atoms with Crippen molar-refractivity contribution in [2.24, 2.45) is 5.41 Å². The van der Waals surface area contributed by atoms with E-state index in [4.69, 9.17) is 4.74 Å². The fraction of sp³-hybridized carbons (Fsp3) is 0.867. The Morgan fingerprint density at radius 3 is 2.82 bits per heavy atom. The molecule has 1 heterocycles. The molecular formula is C15H27NO. The van der Waals surface area contributed by atoms with Crippen LogP contribution in [-0.2, 0) is 4.74 Å². The lowest BCUT2D eigenvalue weighted by Crippen LogP contribution is -2.31. The minimum Gasteiger partial charge on any atom is -0.378 e. The van der Waals surface area contributed by atoms with E-state index in [1.54, 1.807) is 0 Å². The summed E-state index contributed by atoms with van der Waals surface area (Å²) in [5.41, 5.74) is 0.265. The Bertz CT molecular complexity index is 243. The standard InChI is InChI=1S/C15H27NO/c1-3-15(2,12-16-13-8-9-13)10-4-6-14-7-5-11-17-14/h3,13-14,16H,1,4-12H2,2H3. The van der Waals surface area contributed by atoms with Crippen LogP contribution in [0.2, 0.25) is 0 Å². The van der Waals surface area contributed by atoms with Crippen molar-refractivity contribution >= 4 is 0 Å². The fourth-order valence-corrected chi connectivity index (χ4v) is 2.53. The van der Waals surface area contributed by atoms with Gasteiger partial charge in [0.25, 0.3) is 0 Å². The van der Waals surface area contributed by atoms with Crippen LogP contribution in [0.25, 0.3) is 0 Å². The summed E-state index contributed by atoms with van der Waals surface area (Å²) in [5.74, 6) is 0. The normalized spacial score (nSPS) is 27.9. The SMILES string of the molecule is C=CC(C)(CCCC1CCCO1)CNC1CC1. The third-order valence-corrected chi connectivity index (χ3v) is 4.16. The lowest BCUT2D eigenvalue weighted by molar-refractivity contribution is 0.0995. The highest BCUT2D eigenvalue weighted by atomic mass is 16.5. The van der Waals surface area contributed by atoms with Gasteiger partial charge in [-0.05, 0) is 50.4 Å². The molecule has 0 radical (unpaired) electrons. The van der Waals surface area contributed by atoms with E-state index in [9.17, 15) is 0 Å². The van der Waals surface area contributed by atoms with Crippen LogP contribution >= 0.6 is 0 Å². The summed E-state index contributed by atoms with van der Waals surface area (Å²) in [5, 5.41) is 3.62. The van der Waals surface area contributed by atoms with Crippen LogP contribution in [0.1, 0.15) is 51.9 Å². The van der Waals surface area contributed by atoms with Gasteiger partial charge in [-0.25, -0.2) is 0 Å².